The molecule has 0 bridgehead atoms. The maximum atomic E-state index is 4.25. The number of aromatic nitrogens is 6. The summed E-state index contributed by atoms with van der Waals surface area (Å²) >= 11 is 0. The predicted octanol–water partition coefficient (Wildman–Crippen LogP) is 2.10. The molecule has 0 amide bonds. The fraction of sp³-hybridized carbons (Fsp3) is 0.571. The van der Waals surface area contributed by atoms with E-state index in [-0.39, 0.29) is 0 Å². The fourth-order valence-electron chi connectivity index (χ4n) is 1.69. The fourth-order valence-corrected chi connectivity index (χ4v) is 1.69. The van der Waals surface area contributed by atoms with Gasteiger partial charge in [-0.2, -0.15) is 0 Å². The minimum atomic E-state index is 0.792. The highest BCUT2D eigenvalue weighted by molar-refractivity contribution is 4.95. The van der Waals surface area contributed by atoms with Gasteiger partial charge in [-0.1, -0.05) is 13.8 Å². The summed E-state index contributed by atoms with van der Waals surface area (Å²) < 4.78 is 0. The second-order valence-electron chi connectivity index (χ2n) is 4.40. The maximum Gasteiger partial charge on any atom is 0.132 e. The van der Waals surface area contributed by atoms with Gasteiger partial charge in [0.05, 0.1) is 0 Å². The van der Waals surface area contributed by atoms with E-state index in [2.05, 4.69) is 29.9 Å². The molecule has 6 nitrogen and oxygen atoms in total. The normalized spacial score (nSPS) is 9.90. The Hall–Kier alpha value is -1.98. The summed E-state index contributed by atoms with van der Waals surface area (Å²) in [4.78, 5) is 24.6. The molecule has 0 aromatic carbocycles. The van der Waals surface area contributed by atoms with Crippen molar-refractivity contribution in [2.24, 2.45) is 0 Å². The van der Waals surface area contributed by atoms with Gasteiger partial charge in [-0.25, -0.2) is 29.9 Å². The highest BCUT2D eigenvalue weighted by Crippen LogP contribution is 1.96. The first-order valence-electron chi connectivity index (χ1n) is 6.80. The summed E-state index contributed by atoms with van der Waals surface area (Å²) in [5.41, 5.74) is 0. The largest absolute Gasteiger partial charge is 0.219 e. The van der Waals surface area contributed by atoms with Crippen molar-refractivity contribution in [3.05, 3.63) is 34.9 Å². The summed E-state index contributed by atoms with van der Waals surface area (Å²) in [6.07, 6.45) is 1.77. The third-order valence-electron chi connectivity index (χ3n) is 2.44. The average Bonchev–Trinajstić information content (AvgIpc) is 2.37. The average molecular weight is 274 g/mol. The van der Waals surface area contributed by atoms with E-state index in [1.165, 1.54) is 0 Å². The zero-order chi connectivity index (χ0) is 15.1. The second kappa shape index (κ2) is 7.57. The van der Waals surface area contributed by atoms with E-state index >= 15 is 0 Å². The Morgan fingerprint density at radius 2 is 0.800 bits per heavy atom. The molecule has 0 radical (unpaired) electrons. The van der Waals surface area contributed by atoms with Crippen molar-refractivity contribution in [1.29, 1.82) is 0 Å². The molecule has 0 aliphatic rings. The van der Waals surface area contributed by atoms with Crippen LogP contribution in [0.25, 0.3) is 0 Å². The van der Waals surface area contributed by atoms with E-state index < -0.39 is 0 Å². The van der Waals surface area contributed by atoms with Gasteiger partial charge in [-0.15, -0.1) is 0 Å². The van der Waals surface area contributed by atoms with E-state index in [0.717, 1.165) is 47.8 Å². The molecule has 0 aliphatic carbocycles. The van der Waals surface area contributed by atoms with Crippen molar-refractivity contribution < 1.29 is 0 Å². The number of hydrogen-bond acceptors (Lipinski definition) is 6. The van der Waals surface area contributed by atoms with Crippen molar-refractivity contribution in [3.63, 3.8) is 0 Å². The van der Waals surface area contributed by atoms with E-state index in [4.69, 9.17) is 0 Å². The van der Waals surface area contributed by atoms with Crippen LogP contribution in [0.2, 0.25) is 0 Å². The van der Waals surface area contributed by atoms with E-state index in [1.807, 2.05) is 41.5 Å². The Bertz CT molecular complexity index is 495. The van der Waals surface area contributed by atoms with Gasteiger partial charge >= 0.3 is 0 Å². The van der Waals surface area contributed by atoms with Gasteiger partial charge in [-0.05, 0) is 27.7 Å². The molecule has 0 aliphatic heterocycles. The molecule has 2 aromatic rings. The van der Waals surface area contributed by atoms with Gasteiger partial charge in [0.15, 0.2) is 0 Å². The lowest BCUT2D eigenvalue weighted by molar-refractivity contribution is 0.798. The van der Waals surface area contributed by atoms with Gasteiger partial charge in [-0.3, -0.25) is 0 Å². The van der Waals surface area contributed by atoms with Crippen molar-refractivity contribution >= 4 is 0 Å². The molecule has 6 heteroatoms. The van der Waals surface area contributed by atoms with Crippen LogP contribution in [0.1, 0.15) is 48.8 Å². The minimum Gasteiger partial charge on any atom is -0.219 e. The zero-order valence-electron chi connectivity index (χ0n) is 13.1. The molecule has 0 spiro atoms. The van der Waals surface area contributed by atoms with Gasteiger partial charge in [0, 0.05) is 12.8 Å². The Balaban J connectivity index is 0.000000204. The predicted molar refractivity (Wildman–Crippen MR) is 77.4 cm³/mol. The Labute approximate surface area is 120 Å². The minimum absolute atomic E-state index is 0.792. The third-order valence-corrected chi connectivity index (χ3v) is 2.44. The highest BCUT2D eigenvalue weighted by atomic mass is 15.0. The molecule has 0 unspecified atom stereocenters. The van der Waals surface area contributed by atoms with Gasteiger partial charge < -0.3 is 0 Å². The van der Waals surface area contributed by atoms with E-state index in [1.54, 1.807) is 0 Å². The summed E-state index contributed by atoms with van der Waals surface area (Å²) in [6.45, 7) is 11.6. The van der Waals surface area contributed by atoms with Crippen LogP contribution < -0.4 is 0 Å². The second-order valence-corrected chi connectivity index (χ2v) is 4.40. The van der Waals surface area contributed by atoms with E-state index in [9.17, 15) is 0 Å². The molecule has 0 N–H and O–H groups in total. The van der Waals surface area contributed by atoms with Gasteiger partial charge in [0.25, 0.3) is 0 Å². The van der Waals surface area contributed by atoms with Crippen LogP contribution in [0.3, 0.4) is 0 Å². The summed E-state index contributed by atoms with van der Waals surface area (Å²) in [7, 11) is 0. The number of nitrogens with zero attached hydrogens (tertiary/aromatic N) is 6. The van der Waals surface area contributed by atoms with Crippen LogP contribution in [-0.4, -0.2) is 29.9 Å². The lowest BCUT2D eigenvalue weighted by Gasteiger charge is -1.99. The van der Waals surface area contributed by atoms with Crippen LogP contribution in [0, 0.1) is 27.7 Å². The van der Waals surface area contributed by atoms with Crippen LogP contribution in [-0.2, 0) is 12.8 Å². The van der Waals surface area contributed by atoms with E-state index in [0.29, 0.717) is 0 Å². The molecule has 0 fully saturated rings. The third kappa shape index (κ3) is 5.34. The summed E-state index contributed by atoms with van der Waals surface area (Å²) in [5.74, 6) is 5.00. The molecular weight excluding hydrogens is 252 g/mol. The standard InChI is InChI=1S/C8H13N3.C6H9N3/c1-4-7-9-6(3)10-8(5-2)11-7;1-4-7-5(2)9-6(3)8-4/h4-5H2,1-3H3;1-3H3. The SMILES string of the molecule is CCc1nc(C)nc(CC)n1.Cc1nc(C)nc(C)n1. The first-order chi connectivity index (χ1) is 9.44. The maximum absolute atomic E-state index is 4.25. The van der Waals surface area contributed by atoms with Crippen LogP contribution in [0.4, 0.5) is 0 Å². The number of rotatable bonds is 2. The molecule has 2 heterocycles. The Morgan fingerprint density at radius 1 is 0.500 bits per heavy atom. The van der Waals surface area contributed by atoms with Crippen LogP contribution in [0.5, 0.6) is 0 Å². The molecule has 20 heavy (non-hydrogen) atoms. The molecule has 2 aromatic heterocycles. The first-order valence-corrected chi connectivity index (χ1v) is 6.80. The topological polar surface area (TPSA) is 77.3 Å². The molecule has 0 saturated heterocycles. The summed E-state index contributed by atoms with van der Waals surface area (Å²) in [6, 6.07) is 0. The zero-order valence-corrected chi connectivity index (χ0v) is 13.1. The van der Waals surface area contributed by atoms with Crippen LogP contribution in [0.15, 0.2) is 0 Å². The lowest BCUT2D eigenvalue weighted by atomic mass is 10.4. The highest BCUT2D eigenvalue weighted by Gasteiger charge is 1.98. The van der Waals surface area contributed by atoms with Crippen molar-refractivity contribution in [2.45, 2.75) is 54.4 Å². The van der Waals surface area contributed by atoms with Crippen molar-refractivity contribution in [3.8, 4) is 0 Å². The monoisotopic (exact) mass is 274 g/mol. The molecule has 2 rings (SSSR count). The first kappa shape index (κ1) is 16.1. The smallest absolute Gasteiger partial charge is 0.132 e. The van der Waals surface area contributed by atoms with Gasteiger partial charge in [0.2, 0.25) is 0 Å². The quantitative estimate of drug-likeness (QED) is 0.834. The van der Waals surface area contributed by atoms with Crippen LogP contribution >= 0.6 is 0 Å². The molecule has 108 valence electrons. The number of aryl methyl sites for hydroxylation is 6. The Kier molecular flexibility index (Phi) is 6.09. The number of hydrogen-bond donors (Lipinski definition) is 0. The van der Waals surface area contributed by atoms with Gasteiger partial charge in [0.1, 0.15) is 34.9 Å². The summed E-state index contributed by atoms with van der Waals surface area (Å²) in [5, 5.41) is 0. The Morgan fingerprint density at radius 3 is 1.10 bits per heavy atom. The molecule has 0 saturated carbocycles. The van der Waals surface area contributed by atoms with Crippen molar-refractivity contribution in [2.75, 3.05) is 0 Å². The van der Waals surface area contributed by atoms with Crippen molar-refractivity contribution in [1.82, 2.24) is 29.9 Å². The molecule has 0 atom stereocenters. The lowest BCUT2D eigenvalue weighted by Crippen LogP contribution is -2.03. The molecular formula is C14H22N6.